The number of aliphatic hydroxyl groups is 1. The van der Waals surface area contributed by atoms with Crippen molar-refractivity contribution in [3.63, 3.8) is 0 Å². The normalized spacial score (nSPS) is 9.86. The van der Waals surface area contributed by atoms with E-state index in [1.54, 1.807) is 18.2 Å². The predicted octanol–water partition coefficient (Wildman–Crippen LogP) is 3.28. The maximum Gasteiger partial charge on any atom is 0.165 e. The van der Waals surface area contributed by atoms with Crippen molar-refractivity contribution in [1.82, 2.24) is 0 Å². The molecule has 0 radical (unpaired) electrons. The summed E-state index contributed by atoms with van der Waals surface area (Å²) >= 11 is 0. The lowest BCUT2D eigenvalue weighted by Crippen LogP contribution is -2.00. The van der Waals surface area contributed by atoms with Gasteiger partial charge in [-0.15, -0.1) is 0 Å². The van der Waals surface area contributed by atoms with Gasteiger partial charge in [0, 0.05) is 17.5 Å². The molecule has 0 heterocycles. The molecule has 0 unspecified atom stereocenters. The average Bonchev–Trinajstić information content (AvgIpc) is 2.48. The first-order valence-corrected chi connectivity index (χ1v) is 6.46. The van der Waals surface area contributed by atoms with E-state index in [0.717, 1.165) is 0 Å². The highest BCUT2D eigenvalue weighted by Crippen LogP contribution is 2.18. The van der Waals surface area contributed by atoms with Crippen LogP contribution in [0.1, 0.15) is 17.5 Å². The average molecular weight is 288 g/mol. The molecule has 2 nitrogen and oxygen atoms in total. The molecule has 0 aliphatic heterocycles. The summed E-state index contributed by atoms with van der Waals surface area (Å²) in [6.45, 7) is 0.0354. The van der Waals surface area contributed by atoms with Crippen LogP contribution in [-0.4, -0.2) is 11.7 Å². The van der Waals surface area contributed by atoms with Gasteiger partial charge in [-0.1, -0.05) is 30.0 Å². The summed E-state index contributed by atoms with van der Waals surface area (Å²) < 4.78 is 32.1. The fourth-order valence-corrected chi connectivity index (χ4v) is 1.72. The van der Waals surface area contributed by atoms with E-state index in [0.29, 0.717) is 17.5 Å². The minimum absolute atomic E-state index is 0.0522. The first kappa shape index (κ1) is 15.0. The Morgan fingerprint density at radius 3 is 2.67 bits per heavy atom. The maximum atomic E-state index is 13.5. The Labute approximate surface area is 122 Å². The minimum Gasteiger partial charge on any atom is -0.486 e. The first-order valence-electron chi connectivity index (χ1n) is 6.46. The standard InChI is InChI=1S/C17H14F2O2/c18-15-9-8-14(13(11-15)5-3-4-10-20)12-21-17-7-2-1-6-16(17)19/h1-2,6-9,11,20H,4,10,12H2. The largest absolute Gasteiger partial charge is 0.486 e. The summed E-state index contributed by atoms with van der Waals surface area (Å²) in [6, 6.07) is 10.2. The van der Waals surface area contributed by atoms with Crippen molar-refractivity contribution >= 4 is 0 Å². The lowest BCUT2D eigenvalue weighted by atomic mass is 10.1. The number of hydrogen-bond donors (Lipinski definition) is 1. The molecule has 0 saturated carbocycles. The molecule has 2 aromatic carbocycles. The molecule has 0 spiro atoms. The van der Waals surface area contributed by atoms with Crippen molar-refractivity contribution in [2.75, 3.05) is 6.61 Å². The smallest absolute Gasteiger partial charge is 0.165 e. The molecule has 0 aliphatic rings. The maximum absolute atomic E-state index is 13.5. The first-order chi connectivity index (χ1) is 10.2. The number of halogens is 2. The molecule has 0 aromatic heterocycles. The van der Waals surface area contributed by atoms with Crippen molar-refractivity contribution in [3.05, 3.63) is 65.2 Å². The summed E-state index contributed by atoms with van der Waals surface area (Å²) in [5.41, 5.74) is 1.13. The Kier molecular flexibility index (Phi) is 5.30. The summed E-state index contributed by atoms with van der Waals surface area (Å²) in [6.07, 6.45) is 0.310. The van der Waals surface area contributed by atoms with E-state index in [1.807, 2.05) is 0 Å². The van der Waals surface area contributed by atoms with E-state index in [9.17, 15) is 8.78 Å². The van der Waals surface area contributed by atoms with Crippen LogP contribution in [0.15, 0.2) is 42.5 Å². The van der Waals surface area contributed by atoms with Gasteiger partial charge in [0.25, 0.3) is 0 Å². The predicted molar refractivity (Wildman–Crippen MR) is 75.7 cm³/mol. The molecule has 2 rings (SSSR count). The second kappa shape index (κ2) is 7.41. The van der Waals surface area contributed by atoms with E-state index >= 15 is 0 Å². The number of benzene rings is 2. The van der Waals surface area contributed by atoms with Crippen molar-refractivity contribution in [1.29, 1.82) is 0 Å². The van der Waals surface area contributed by atoms with E-state index < -0.39 is 11.6 Å². The molecule has 21 heavy (non-hydrogen) atoms. The number of hydrogen-bond acceptors (Lipinski definition) is 2. The molecular weight excluding hydrogens is 274 g/mol. The third-order valence-corrected chi connectivity index (χ3v) is 2.75. The van der Waals surface area contributed by atoms with Crippen LogP contribution in [0.5, 0.6) is 5.75 Å². The number of ether oxygens (including phenoxy) is 1. The van der Waals surface area contributed by atoms with Crippen molar-refractivity contribution in [3.8, 4) is 17.6 Å². The van der Waals surface area contributed by atoms with Gasteiger partial charge < -0.3 is 9.84 Å². The summed E-state index contributed by atoms with van der Waals surface area (Å²) in [4.78, 5) is 0. The minimum atomic E-state index is -0.451. The zero-order valence-electron chi connectivity index (χ0n) is 11.3. The Morgan fingerprint density at radius 2 is 1.90 bits per heavy atom. The Morgan fingerprint density at radius 1 is 1.10 bits per heavy atom. The van der Waals surface area contributed by atoms with E-state index in [2.05, 4.69) is 11.8 Å². The SMILES string of the molecule is OCCC#Cc1cc(F)ccc1COc1ccccc1F. The van der Waals surface area contributed by atoms with Crippen LogP contribution in [0, 0.1) is 23.5 Å². The van der Waals surface area contributed by atoms with Gasteiger partial charge in [-0.05, 0) is 24.3 Å². The van der Waals surface area contributed by atoms with Crippen LogP contribution in [0.3, 0.4) is 0 Å². The van der Waals surface area contributed by atoms with Crippen LogP contribution >= 0.6 is 0 Å². The molecule has 4 heteroatoms. The molecule has 108 valence electrons. The molecule has 0 amide bonds. The zero-order valence-corrected chi connectivity index (χ0v) is 11.3. The summed E-state index contributed by atoms with van der Waals surface area (Å²) in [7, 11) is 0. The molecule has 0 bridgehead atoms. The monoisotopic (exact) mass is 288 g/mol. The topological polar surface area (TPSA) is 29.5 Å². The van der Waals surface area contributed by atoms with E-state index in [-0.39, 0.29) is 19.0 Å². The van der Waals surface area contributed by atoms with E-state index in [1.165, 1.54) is 24.3 Å². The summed E-state index contributed by atoms with van der Waals surface area (Å²) in [5.74, 6) is 4.79. The van der Waals surface area contributed by atoms with Gasteiger partial charge in [0.15, 0.2) is 11.6 Å². The van der Waals surface area contributed by atoms with Crippen molar-refractivity contribution < 1.29 is 18.6 Å². The van der Waals surface area contributed by atoms with Crippen LogP contribution in [0.25, 0.3) is 0 Å². The van der Waals surface area contributed by atoms with Crippen LogP contribution in [0.4, 0.5) is 8.78 Å². The Hall–Kier alpha value is -2.38. The quantitative estimate of drug-likeness (QED) is 0.875. The third-order valence-electron chi connectivity index (χ3n) is 2.75. The van der Waals surface area contributed by atoms with Gasteiger partial charge in [-0.3, -0.25) is 0 Å². The number of para-hydroxylation sites is 1. The second-order valence-corrected chi connectivity index (χ2v) is 4.30. The molecule has 0 aliphatic carbocycles. The van der Waals surface area contributed by atoms with Crippen molar-refractivity contribution in [2.24, 2.45) is 0 Å². The molecule has 0 saturated heterocycles. The van der Waals surface area contributed by atoms with Crippen LogP contribution in [0.2, 0.25) is 0 Å². The Balaban J connectivity index is 2.16. The van der Waals surface area contributed by atoms with Gasteiger partial charge in [-0.2, -0.15) is 0 Å². The number of rotatable bonds is 4. The zero-order chi connectivity index (χ0) is 15.1. The van der Waals surface area contributed by atoms with Gasteiger partial charge in [0.2, 0.25) is 0 Å². The fourth-order valence-electron chi connectivity index (χ4n) is 1.72. The van der Waals surface area contributed by atoms with Gasteiger partial charge in [-0.25, -0.2) is 8.78 Å². The number of aliphatic hydroxyl groups excluding tert-OH is 1. The Bertz CT molecular complexity index is 672. The highest BCUT2D eigenvalue weighted by Gasteiger charge is 2.06. The molecule has 0 atom stereocenters. The third kappa shape index (κ3) is 4.30. The lowest BCUT2D eigenvalue weighted by Gasteiger charge is -2.09. The van der Waals surface area contributed by atoms with Crippen LogP contribution in [-0.2, 0) is 6.61 Å². The van der Waals surface area contributed by atoms with Gasteiger partial charge in [0.05, 0.1) is 6.61 Å². The summed E-state index contributed by atoms with van der Waals surface area (Å²) in [5, 5.41) is 8.71. The highest BCUT2D eigenvalue weighted by atomic mass is 19.1. The highest BCUT2D eigenvalue weighted by molar-refractivity contribution is 5.41. The molecule has 0 fully saturated rings. The van der Waals surface area contributed by atoms with E-state index in [4.69, 9.17) is 9.84 Å². The van der Waals surface area contributed by atoms with Crippen molar-refractivity contribution in [2.45, 2.75) is 13.0 Å². The van der Waals surface area contributed by atoms with Crippen LogP contribution < -0.4 is 4.74 Å². The lowest BCUT2D eigenvalue weighted by molar-refractivity contribution is 0.290. The van der Waals surface area contributed by atoms with Gasteiger partial charge >= 0.3 is 0 Å². The molecular formula is C17H14F2O2. The molecule has 1 N–H and O–H groups in total. The second-order valence-electron chi connectivity index (χ2n) is 4.30. The molecule has 2 aromatic rings. The van der Waals surface area contributed by atoms with Gasteiger partial charge in [0.1, 0.15) is 12.4 Å². The fraction of sp³-hybridized carbons (Fsp3) is 0.176.